The van der Waals surface area contributed by atoms with Crippen molar-refractivity contribution in [3.8, 4) is 0 Å². The third kappa shape index (κ3) is 2.61. The fourth-order valence-corrected chi connectivity index (χ4v) is 9.07. The number of thiazole rings is 1. The van der Waals surface area contributed by atoms with Crippen LogP contribution in [0.15, 0.2) is 5.38 Å². The molecule has 0 aromatic carbocycles. The minimum absolute atomic E-state index is 0.187. The monoisotopic (exact) mass is 354 g/mol. The lowest BCUT2D eigenvalue weighted by Gasteiger charge is -2.51. The average molecular weight is 355 g/mol. The molecule has 2 atom stereocenters. The first-order valence-electron chi connectivity index (χ1n) is 8.18. The predicted octanol–water partition coefficient (Wildman–Crippen LogP) is 4.39. The molecule has 2 saturated carbocycles. The first-order chi connectivity index (χ1) is 10.7. The molecule has 22 heavy (non-hydrogen) atoms. The summed E-state index contributed by atoms with van der Waals surface area (Å²) in [7, 11) is 0. The van der Waals surface area contributed by atoms with E-state index in [2.05, 4.69) is 33.8 Å². The molecule has 2 aliphatic carbocycles. The van der Waals surface area contributed by atoms with Crippen LogP contribution in [0.3, 0.4) is 0 Å². The van der Waals surface area contributed by atoms with E-state index in [-0.39, 0.29) is 11.8 Å². The highest BCUT2D eigenvalue weighted by Crippen LogP contribution is 2.64. The number of carbonyl (C=O) groups is 1. The second-order valence-corrected chi connectivity index (χ2v) is 10.6. The Morgan fingerprint density at radius 2 is 1.95 bits per heavy atom. The molecule has 4 rings (SSSR count). The summed E-state index contributed by atoms with van der Waals surface area (Å²) in [4.78, 5) is 17.0. The van der Waals surface area contributed by atoms with Gasteiger partial charge in [-0.25, -0.2) is 4.98 Å². The zero-order chi connectivity index (χ0) is 15.2. The van der Waals surface area contributed by atoms with Gasteiger partial charge in [0, 0.05) is 22.8 Å². The molecule has 1 spiro atoms. The van der Waals surface area contributed by atoms with Crippen molar-refractivity contribution in [2.75, 3.05) is 16.8 Å². The van der Waals surface area contributed by atoms with Gasteiger partial charge in [-0.3, -0.25) is 4.79 Å². The van der Waals surface area contributed by atoms with E-state index >= 15 is 0 Å². The zero-order valence-electron chi connectivity index (χ0n) is 12.8. The van der Waals surface area contributed by atoms with Crippen LogP contribution in [0.5, 0.6) is 0 Å². The maximum atomic E-state index is 12.7. The first kappa shape index (κ1) is 15.3. The molecule has 1 N–H and O–H groups in total. The number of carbonyl (C=O) groups excluding carboxylic acids is 1. The minimum Gasteiger partial charge on any atom is -0.302 e. The number of rotatable bonds is 2. The smallest absolute Gasteiger partial charge is 0.229 e. The third-order valence-corrected chi connectivity index (χ3v) is 10.2. The Bertz CT molecular complexity index is 551. The molecule has 2 heterocycles. The number of aryl methyl sites for hydroxylation is 1. The molecule has 3 nitrogen and oxygen atoms in total. The molecule has 2 unspecified atom stereocenters. The molecule has 1 amide bonds. The normalized spacial score (nSPS) is 33.0. The quantitative estimate of drug-likeness (QED) is 0.855. The van der Waals surface area contributed by atoms with Crippen LogP contribution in [0.25, 0.3) is 0 Å². The number of thioether (sulfide) groups is 2. The van der Waals surface area contributed by atoms with Crippen LogP contribution in [0.1, 0.15) is 37.8 Å². The molecule has 1 aliphatic heterocycles. The van der Waals surface area contributed by atoms with E-state index in [1.165, 1.54) is 42.1 Å². The maximum Gasteiger partial charge on any atom is 0.229 e. The van der Waals surface area contributed by atoms with Gasteiger partial charge in [0.25, 0.3) is 0 Å². The van der Waals surface area contributed by atoms with Crippen LogP contribution in [-0.4, -0.2) is 26.5 Å². The summed E-state index contributed by atoms with van der Waals surface area (Å²) in [5, 5.41) is 5.81. The number of anilines is 1. The van der Waals surface area contributed by atoms with Crippen molar-refractivity contribution in [2.24, 2.45) is 17.8 Å². The zero-order valence-corrected chi connectivity index (χ0v) is 15.3. The van der Waals surface area contributed by atoms with Gasteiger partial charge in [-0.15, -0.1) is 34.9 Å². The highest BCUT2D eigenvalue weighted by atomic mass is 32.2. The van der Waals surface area contributed by atoms with Gasteiger partial charge in [-0.05, 0) is 44.4 Å². The van der Waals surface area contributed by atoms with Gasteiger partial charge in [0.05, 0.1) is 9.77 Å². The van der Waals surface area contributed by atoms with E-state index in [9.17, 15) is 4.79 Å². The number of aromatic nitrogens is 1. The Morgan fingerprint density at radius 1 is 1.27 bits per heavy atom. The van der Waals surface area contributed by atoms with E-state index in [1.807, 2.05) is 12.3 Å². The number of hydrogen-bond donors (Lipinski definition) is 1. The molecule has 6 heteroatoms. The molecule has 1 aromatic rings. The van der Waals surface area contributed by atoms with E-state index in [4.69, 9.17) is 0 Å². The van der Waals surface area contributed by atoms with Gasteiger partial charge in [0.2, 0.25) is 5.91 Å². The molecule has 1 saturated heterocycles. The lowest BCUT2D eigenvalue weighted by Crippen LogP contribution is -2.48. The van der Waals surface area contributed by atoms with E-state index < -0.39 is 0 Å². The van der Waals surface area contributed by atoms with Crippen LogP contribution in [0.2, 0.25) is 0 Å². The highest BCUT2D eigenvalue weighted by molar-refractivity contribution is 8.21. The number of amides is 1. The third-order valence-electron chi connectivity index (χ3n) is 5.34. The Kier molecular flexibility index (Phi) is 4.20. The fourth-order valence-electron chi connectivity index (χ4n) is 4.44. The standard InChI is InChI=1S/C16H22N2OS3/c1-10-9-20-15(17-10)18-14(19)11-7-12-3-2-4-13(8-11)16(12)21-5-6-22-16/h9,11-13H,2-8H2,1H3,(H,17,18,19). The lowest BCUT2D eigenvalue weighted by atomic mass is 9.67. The Labute approximate surface area is 144 Å². The highest BCUT2D eigenvalue weighted by Gasteiger charge is 2.55. The van der Waals surface area contributed by atoms with Crippen molar-refractivity contribution in [3.63, 3.8) is 0 Å². The van der Waals surface area contributed by atoms with Gasteiger partial charge in [0.1, 0.15) is 0 Å². The van der Waals surface area contributed by atoms with Crippen molar-refractivity contribution in [2.45, 2.75) is 43.1 Å². The van der Waals surface area contributed by atoms with Gasteiger partial charge < -0.3 is 5.32 Å². The number of hydrogen-bond acceptors (Lipinski definition) is 5. The van der Waals surface area contributed by atoms with Crippen LogP contribution >= 0.6 is 34.9 Å². The van der Waals surface area contributed by atoms with Crippen LogP contribution in [-0.2, 0) is 4.79 Å². The van der Waals surface area contributed by atoms with Crippen molar-refractivity contribution < 1.29 is 4.79 Å². The van der Waals surface area contributed by atoms with E-state index in [1.54, 1.807) is 0 Å². The summed E-state index contributed by atoms with van der Waals surface area (Å²) in [5.41, 5.74) is 0.985. The van der Waals surface area contributed by atoms with Crippen molar-refractivity contribution in [1.29, 1.82) is 0 Å². The first-order valence-corrected chi connectivity index (χ1v) is 11.0. The lowest BCUT2D eigenvalue weighted by molar-refractivity contribution is -0.122. The minimum atomic E-state index is 0.187. The Morgan fingerprint density at radius 3 is 2.55 bits per heavy atom. The number of nitrogens with zero attached hydrogens (tertiary/aromatic N) is 1. The van der Waals surface area contributed by atoms with Crippen molar-refractivity contribution >= 4 is 45.9 Å². The summed E-state index contributed by atoms with van der Waals surface area (Å²) in [6.07, 6.45) is 6.14. The van der Waals surface area contributed by atoms with Gasteiger partial charge in [0.15, 0.2) is 5.13 Å². The second-order valence-electron chi connectivity index (χ2n) is 6.69. The SMILES string of the molecule is Cc1csc(NC(=O)C2CC3CCCC(C2)C32SCCS2)n1. The topological polar surface area (TPSA) is 42.0 Å². The average Bonchev–Trinajstić information content (AvgIpc) is 3.09. The summed E-state index contributed by atoms with van der Waals surface area (Å²) in [6.45, 7) is 1.97. The summed E-state index contributed by atoms with van der Waals surface area (Å²) in [5.74, 6) is 4.44. The van der Waals surface area contributed by atoms with E-state index in [0.717, 1.165) is 35.5 Å². The van der Waals surface area contributed by atoms with Gasteiger partial charge in [-0.2, -0.15) is 0 Å². The largest absolute Gasteiger partial charge is 0.302 e. The molecule has 1 aromatic heterocycles. The van der Waals surface area contributed by atoms with Crippen molar-refractivity contribution in [3.05, 3.63) is 11.1 Å². The van der Waals surface area contributed by atoms with Crippen molar-refractivity contribution in [1.82, 2.24) is 4.98 Å². The molecule has 0 radical (unpaired) electrons. The van der Waals surface area contributed by atoms with Gasteiger partial charge >= 0.3 is 0 Å². The van der Waals surface area contributed by atoms with Crippen LogP contribution < -0.4 is 5.32 Å². The van der Waals surface area contributed by atoms with Gasteiger partial charge in [-0.1, -0.05) is 6.42 Å². The van der Waals surface area contributed by atoms with Crippen LogP contribution in [0, 0.1) is 24.7 Å². The predicted molar refractivity (Wildman–Crippen MR) is 96.7 cm³/mol. The molecular formula is C16H22N2OS3. The molecule has 120 valence electrons. The molecule has 3 fully saturated rings. The summed E-state index contributed by atoms with van der Waals surface area (Å²) >= 11 is 5.93. The fraction of sp³-hybridized carbons (Fsp3) is 0.750. The Balaban J connectivity index is 1.47. The molecule has 2 bridgehead atoms. The molecule has 3 aliphatic rings. The second kappa shape index (κ2) is 6.02. The number of nitrogens with one attached hydrogen (secondary N) is 1. The maximum absolute atomic E-state index is 12.7. The summed E-state index contributed by atoms with van der Waals surface area (Å²) in [6, 6.07) is 0. The Hall–Kier alpha value is -0.200. The summed E-state index contributed by atoms with van der Waals surface area (Å²) < 4.78 is 0.451. The van der Waals surface area contributed by atoms with E-state index in [0.29, 0.717) is 4.08 Å². The molecular weight excluding hydrogens is 332 g/mol. The van der Waals surface area contributed by atoms with Crippen LogP contribution in [0.4, 0.5) is 5.13 Å².